The van der Waals surface area contributed by atoms with E-state index in [1.54, 1.807) is 6.08 Å². The maximum atomic E-state index is 9.34. The Morgan fingerprint density at radius 3 is 2.74 bits per heavy atom. The topological polar surface area (TPSA) is 29.5 Å². The predicted molar refractivity (Wildman–Crippen MR) is 77.9 cm³/mol. The van der Waals surface area contributed by atoms with Crippen molar-refractivity contribution in [1.82, 2.24) is 0 Å². The van der Waals surface area contributed by atoms with Crippen LogP contribution in [0.15, 0.2) is 42.2 Å². The van der Waals surface area contributed by atoms with Crippen molar-refractivity contribution in [3.05, 3.63) is 47.7 Å². The van der Waals surface area contributed by atoms with Crippen LogP contribution in [0.5, 0.6) is 5.75 Å². The van der Waals surface area contributed by atoms with Crippen LogP contribution in [0.4, 0.5) is 0 Å². The van der Waals surface area contributed by atoms with Crippen LogP contribution in [0.3, 0.4) is 0 Å². The monoisotopic (exact) mass is 254 g/mol. The lowest BCUT2D eigenvalue weighted by Gasteiger charge is -2.07. The highest BCUT2D eigenvalue weighted by Crippen LogP contribution is 2.22. The van der Waals surface area contributed by atoms with Crippen molar-refractivity contribution >= 4 is 5.57 Å². The number of rotatable bonds is 5. The highest BCUT2D eigenvalue weighted by molar-refractivity contribution is 5.70. The third kappa shape index (κ3) is 3.93. The van der Waals surface area contributed by atoms with Crippen molar-refractivity contribution < 1.29 is 9.84 Å². The highest BCUT2D eigenvalue weighted by Gasteiger charge is 2.02. The zero-order chi connectivity index (χ0) is 13.5. The van der Waals surface area contributed by atoms with Crippen molar-refractivity contribution in [2.75, 3.05) is 6.61 Å². The molecular formula is C17H18O2. The molecule has 98 valence electrons. The summed E-state index contributed by atoms with van der Waals surface area (Å²) in [6, 6.07) is 8.03. The molecule has 0 spiro atoms. The van der Waals surface area contributed by atoms with Crippen molar-refractivity contribution in [1.29, 1.82) is 0 Å². The fourth-order valence-electron chi connectivity index (χ4n) is 1.81. The molecule has 0 amide bonds. The Balaban J connectivity index is 2.05. The molecule has 0 fully saturated rings. The smallest absolute Gasteiger partial charge is 0.167 e. The molecule has 0 saturated heterocycles. The molecule has 0 saturated carbocycles. The minimum atomic E-state index is 0.120. The lowest BCUT2D eigenvalue weighted by Crippen LogP contribution is -1.96. The molecule has 1 N–H and O–H groups in total. The quantitative estimate of drug-likeness (QED) is 0.633. The summed E-state index contributed by atoms with van der Waals surface area (Å²) in [6.07, 6.45) is 6.40. The first kappa shape index (κ1) is 13.3. The van der Waals surface area contributed by atoms with Gasteiger partial charge in [0.05, 0.1) is 6.61 Å². The van der Waals surface area contributed by atoms with Gasteiger partial charge in [-0.1, -0.05) is 37.5 Å². The first-order chi connectivity index (χ1) is 9.29. The number of hydrogen-bond donors (Lipinski definition) is 1. The van der Waals surface area contributed by atoms with Crippen molar-refractivity contribution in [2.45, 2.75) is 26.2 Å². The maximum Gasteiger partial charge on any atom is 0.167 e. The molecule has 2 rings (SSSR count). The van der Waals surface area contributed by atoms with Crippen LogP contribution in [0.2, 0.25) is 0 Å². The molecule has 2 nitrogen and oxygen atoms in total. The normalized spacial score (nSPS) is 13.7. The van der Waals surface area contributed by atoms with Gasteiger partial charge in [0.2, 0.25) is 0 Å². The summed E-state index contributed by atoms with van der Waals surface area (Å²) >= 11 is 0. The zero-order valence-corrected chi connectivity index (χ0v) is 11.1. The molecular weight excluding hydrogens is 236 g/mol. The van der Waals surface area contributed by atoms with Crippen LogP contribution in [0.25, 0.3) is 5.57 Å². The van der Waals surface area contributed by atoms with Crippen LogP contribution in [0, 0.1) is 11.8 Å². The highest BCUT2D eigenvalue weighted by atomic mass is 16.5. The number of hydrogen-bond acceptors (Lipinski definition) is 2. The Kier molecular flexibility index (Phi) is 4.69. The zero-order valence-electron chi connectivity index (χ0n) is 11.1. The second-order valence-electron chi connectivity index (χ2n) is 4.45. The minimum Gasteiger partial charge on any atom is -0.501 e. The average molecular weight is 254 g/mol. The number of ether oxygens (including phenoxy) is 1. The van der Waals surface area contributed by atoms with Crippen LogP contribution < -0.4 is 4.74 Å². The molecule has 0 atom stereocenters. The molecule has 2 heteroatoms. The number of benzene rings is 1. The van der Waals surface area contributed by atoms with Gasteiger partial charge >= 0.3 is 0 Å². The van der Waals surface area contributed by atoms with E-state index in [-0.39, 0.29) is 5.76 Å². The molecule has 0 unspecified atom stereocenters. The summed E-state index contributed by atoms with van der Waals surface area (Å²) in [5.74, 6) is 6.63. The standard InChI is InChI=1S/C17H18O2/c1-2-3-13-19-17-11-8-15(9-12-17)14-5-4-6-16(18)10-7-14/h7-12,18H,2-3,5,13H2,1H3. The fourth-order valence-corrected chi connectivity index (χ4v) is 1.81. The first-order valence-corrected chi connectivity index (χ1v) is 6.61. The van der Waals surface area contributed by atoms with Gasteiger partial charge in [0.15, 0.2) is 5.76 Å². The molecule has 0 heterocycles. The van der Waals surface area contributed by atoms with E-state index in [9.17, 15) is 5.11 Å². The maximum absolute atomic E-state index is 9.34. The number of allylic oxidation sites excluding steroid dienone is 4. The van der Waals surface area contributed by atoms with E-state index >= 15 is 0 Å². The summed E-state index contributed by atoms with van der Waals surface area (Å²) in [5, 5.41) is 9.34. The Morgan fingerprint density at radius 1 is 1.21 bits per heavy atom. The van der Waals surface area contributed by atoms with Crippen molar-refractivity contribution in [2.24, 2.45) is 0 Å². The second-order valence-corrected chi connectivity index (χ2v) is 4.45. The Hall–Kier alpha value is -2.14. The molecule has 0 aliphatic heterocycles. The average Bonchev–Trinajstić information content (AvgIpc) is 2.65. The molecule has 1 aromatic carbocycles. The van der Waals surface area contributed by atoms with Gasteiger partial charge in [-0.15, -0.1) is 0 Å². The summed E-state index contributed by atoms with van der Waals surface area (Å²) < 4.78 is 5.63. The third-order valence-corrected chi connectivity index (χ3v) is 2.93. The van der Waals surface area contributed by atoms with Gasteiger partial charge in [-0.2, -0.15) is 0 Å². The molecule has 1 aliphatic carbocycles. The van der Waals surface area contributed by atoms with E-state index < -0.39 is 0 Å². The van der Waals surface area contributed by atoms with Gasteiger partial charge < -0.3 is 9.84 Å². The Morgan fingerprint density at radius 2 is 2.00 bits per heavy atom. The molecule has 19 heavy (non-hydrogen) atoms. The van der Waals surface area contributed by atoms with E-state index in [2.05, 4.69) is 18.8 Å². The van der Waals surface area contributed by atoms with E-state index in [1.807, 2.05) is 30.3 Å². The molecule has 1 aromatic rings. The lowest BCUT2D eigenvalue weighted by molar-refractivity contribution is 0.309. The molecule has 0 aromatic heterocycles. The van der Waals surface area contributed by atoms with Gasteiger partial charge in [0, 0.05) is 6.42 Å². The SMILES string of the molecule is CCCCOc1ccc(C2=CC=C(O)C#CC2)cc1. The van der Waals surface area contributed by atoms with E-state index in [0.29, 0.717) is 6.42 Å². The lowest BCUT2D eigenvalue weighted by atomic mass is 10.0. The number of aliphatic hydroxyl groups excluding tert-OH is 1. The first-order valence-electron chi connectivity index (χ1n) is 6.61. The largest absolute Gasteiger partial charge is 0.501 e. The molecule has 1 aliphatic rings. The Bertz CT molecular complexity index is 539. The predicted octanol–water partition coefficient (Wildman–Crippen LogP) is 4.10. The van der Waals surface area contributed by atoms with Crippen molar-refractivity contribution in [3.8, 4) is 17.6 Å². The molecule has 0 radical (unpaired) electrons. The van der Waals surface area contributed by atoms with Crippen LogP contribution in [-0.4, -0.2) is 11.7 Å². The van der Waals surface area contributed by atoms with Gasteiger partial charge in [-0.05, 0) is 41.7 Å². The van der Waals surface area contributed by atoms with Crippen molar-refractivity contribution in [3.63, 3.8) is 0 Å². The summed E-state index contributed by atoms with van der Waals surface area (Å²) in [7, 11) is 0. The minimum absolute atomic E-state index is 0.120. The third-order valence-electron chi connectivity index (χ3n) is 2.93. The molecule has 0 bridgehead atoms. The van der Waals surface area contributed by atoms with Gasteiger partial charge in [0.25, 0.3) is 0 Å². The summed E-state index contributed by atoms with van der Waals surface area (Å²) in [5.41, 5.74) is 2.22. The summed E-state index contributed by atoms with van der Waals surface area (Å²) in [4.78, 5) is 0. The fraction of sp³-hybridized carbons (Fsp3) is 0.294. The van der Waals surface area contributed by atoms with Crippen LogP contribution in [0.1, 0.15) is 31.7 Å². The van der Waals surface area contributed by atoms with E-state index in [4.69, 9.17) is 4.74 Å². The van der Waals surface area contributed by atoms with Crippen LogP contribution >= 0.6 is 0 Å². The Labute approximate surface area is 114 Å². The number of aliphatic hydroxyl groups is 1. The number of unbranched alkanes of at least 4 members (excludes halogenated alkanes) is 1. The second kappa shape index (κ2) is 6.70. The van der Waals surface area contributed by atoms with Gasteiger partial charge in [-0.25, -0.2) is 0 Å². The summed E-state index contributed by atoms with van der Waals surface area (Å²) in [6.45, 7) is 2.91. The van der Waals surface area contributed by atoms with Gasteiger partial charge in [-0.3, -0.25) is 0 Å². The van der Waals surface area contributed by atoms with Crippen LogP contribution in [-0.2, 0) is 0 Å². The van der Waals surface area contributed by atoms with Gasteiger partial charge in [0.1, 0.15) is 5.75 Å². The van der Waals surface area contributed by atoms with E-state index in [1.165, 1.54) is 0 Å². The van der Waals surface area contributed by atoms with E-state index in [0.717, 1.165) is 36.3 Å².